The van der Waals surface area contributed by atoms with Gasteiger partial charge in [-0.15, -0.1) is 0 Å². The molecule has 25 heavy (non-hydrogen) atoms. The molecular weight excluding hydrogens is 374 g/mol. The second kappa shape index (κ2) is 5.97. The van der Waals surface area contributed by atoms with Crippen LogP contribution < -0.4 is 5.32 Å². The summed E-state index contributed by atoms with van der Waals surface area (Å²) >= 11 is 3.54. The van der Waals surface area contributed by atoms with Gasteiger partial charge in [0.25, 0.3) is 0 Å². The Morgan fingerprint density at radius 1 is 0.920 bits per heavy atom. The van der Waals surface area contributed by atoms with Crippen molar-refractivity contribution < 1.29 is 0 Å². The van der Waals surface area contributed by atoms with Crippen molar-refractivity contribution in [2.45, 2.75) is 18.9 Å². The first-order chi connectivity index (χ1) is 12.3. The molecule has 1 aromatic heterocycles. The standard InChI is InChI=1S/C21H18BrN3/c22-17-7-5-14-10-13(3-4-15(14)11-17)16-6-8-18-20(12-16)25-21(24-18)19-2-1-9-23-19/h3-8,10-12,19,23H,1-2,9H2,(H,24,25)/t19-/m0/s1. The predicted octanol–water partition coefficient (Wildman–Crippen LogP) is 5.57. The molecule has 1 aliphatic heterocycles. The van der Waals surface area contributed by atoms with Crippen LogP contribution >= 0.6 is 15.9 Å². The number of halogens is 1. The van der Waals surface area contributed by atoms with E-state index in [2.05, 4.69) is 80.8 Å². The minimum Gasteiger partial charge on any atom is -0.341 e. The van der Waals surface area contributed by atoms with Crippen LogP contribution in [-0.2, 0) is 0 Å². The van der Waals surface area contributed by atoms with Gasteiger partial charge in [-0.25, -0.2) is 4.98 Å². The highest BCUT2D eigenvalue weighted by Crippen LogP contribution is 2.29. The van der Waals surface area contributed by atoms with Gasteiger partial charge in [-0.2, -0.15) is 0 Å². The Labute approximate surface area is 154 Å². The molecule has 4 aromatic rings. The molecule has 5 rings (SSSR count). The molecule has 2 N–H and O–H groups in total. The third-order valence-corrected chi connectivity index (χ3v) is 5.52. The fraction of sp³-hybridized carbons (Fsp3) is 0.190. The molecule has 1 aliphatic rings. The number of aromatic amines is 1. The smallest absolute Gasteiger partial charge is 0.124 e. The van der Waals surface area contributed by atoms with Gasteiger partial charge in [0.15, 0.2) is 0 Å². The van der Waals surface area contributed by atoms with Gasteiger partial charge in [0.1, 0.15) is 5.82 Å². The van der Waals surface area contributed by atoms with E-state index in [0.29, 0.717) is 6.04 Å². The molecular formula is C21H18BrN3. The lowest BCUT2D eigenvalue weighted by atomic mass is 10.0. The Morgan fingerprint density at radius 2 is 1.72 bits per heavy atom. The van der Waals surface area contributed by atoms with Crippen LogP contribution in [0.5, 0.6) is 0 Å². The molecule has 2 heterocycles. The van der Waals surface area contributed by atoms with Crippen molar-refractivity contribution in [2.24, 2.45) is 0 Å². The Hall–Kier alpha value is -2.17. The zero-order valence-corrected chi connectivity index (χ0v) is 15.3. The fourth-order valence-corrected chi connectivity index (χ4v) is 4.07. The van der Waals surface area contributed by atoms with Crippen LogP contribution in [0.15, 0.2) is 59.1 Å². The fourth-order valence-electron chi connectivity index (χ4n) is 3.69. The molecule has 0 aliphatic carbocycles. The minimum atomic E-state index is 0.370. The van der Waals surface area contributed by atoms with E-state index in [1.807, 2.05) is 0 Å². The Balaban J connectivity index is 1.56. The average molecular weight is 392 g/mol. The first kappa shape index (κ1) is 15.1. The molecule has 1 saturated heterocycles. The lowest BCUT2D eigenvalue weighted by molar-refractivity contribution is 0.614. The van der Waals surface area contributed by atoms with Crippen molar-refractivity contribution in [1.29, 1.82) is 0 Å². The quantitative estimate of drug-likeness (QED) is 0.468. The van der Waals surface area contributed by atoms with Crippen molar-refractivity contribution in [3.8, 4) is 11.1 Å². The van der Waals surface area contributed by atoms with E-state index in [1.165, 1.54) is 28.3 Å². The SMILES string of the molecule is Brc1ccc2cc(-c3ccc4nc([C@@H]5CCCN5)[nH]c4c3)ccc2c1. The number of aromatic nitrogens is 2. The van der Waals surface area contributed by atoms with Crippen molar-refractivity contribution in [1.82, 2.24) is 15.3 Å². The molecule has 3 nitrogen and oxygen atoms in total. The maximum absolute atomic E-state index is 4.77. The molecule has 0 bridgehead atoms. The van der Waals surface area contributed by atoms with Crippen LogP contribution in [0.4, 0.5) is 0 Å². The molecule has 4 heteroatoms. The number of rotatable bonds is 2. The van der Waals surface area contributed by atoms with Crippen LogP contribution in [0.2, 0.25) is 0 Å². The number of imidazole rings is 1. The van der Waals surface area contributed by atoms with Crippen molar-refractivity contribution in [3.05, 3.63) is 64.9 Å². The van der Waals surface area contributed by atoms with Gasteiger partial charge in [-0.1, -0.05) is 40.2 Å². The van der Waals surface area contributed by atoms with Gasteiger partial charge in [0.2, 0.25) is 0 Å². The van der Waals surface area contributed by atoms with E-state index in [-0.39, 0.29) is 0 Å². The molecule has 0 radical (unpaired) electrons. The van der Waals surface area contributed by atoms with Gasteiger partial charge in [0, 0.05) is 4.47 Å². The molecule has 1 atom stereocenters. The summed E-state index contributed by atoms with van der Waals surface area (Å²) in [7, 11) is 0. The Kier molecular flexibility index (Phi) is 3.61. The first-order valence-electron chi connectivity index (χ1n) is 8.69. The first-order valence-corrected chi connectivity index (χ1v) is 9.48. The molecule has 1 fully saturated rings. The molecule has 0 saturated carbocycles. The summed E-state index contributed by atoms with van der Waals surface area (Å²) < 4.78 is 1.11. The number of hydrogen-bond donors (Lipinski definition) is 2. The van der Waals surface area contributed by atoms with Crippen LogP contribution in [-0.4, -0.2) is 16.5 Å². The van der Waals surface area contributed by atoms with Crippen LogP contribution in [0.1, 0.15) is 24.7 Å². The van der Waals surface area contributed by atoms with E-state index in [1.54, 1.807) is 0 Å². The Bertz CT molecular complexity index is 1080. The van der Waals surface area contributed by atoms with Crippen molar-refractivity contribution >= 4 is 37.7 Å². The summed E-state index contributed by atoms with van der Waals surface area (Å²) in [6.45, 7) is 1.08. The number of fused-ring (bicyclic) bond motifs is 2. The van der Waals surface area contributed by atoms with Gasteiger partial charge in [0.05, 0.1) is 17.1 Å². The van der Waals surface area contributed by atoms with E-state index in [9.17, 15) is 0 Å². The van der Waals surface area contributed by atoms with Crippen LogP contribution in [0.25, 0.3) is 32.9 Å². The lowest BCUT2D eigenvalue weighted by Crippen LogP contribution is -2.13. The second-order valence-corrected chi connectivity index (χ2v) is 7.62. The number of nitrogens with zero attached hydrogens (tertiary/aromatic N) is 1. The number of benzene rings is 3. The zero-order valence-electron chi connectivity index (χ0n) is 13.7. The zero-order chi connectivity index (χ0) is 16.8. The van der Waals surface area contributed by atoms with E-state index >= 15 is 0 Å². The maximum atomic E-state index is 4.77. The Morgan fingerprint density at radius 3 is 2.60 bits per heavy atom. The highest BCUT2D eigenvalue weighted by Gasteiger charge is 2.19. The van der Waals surface area contributed by atoms with Gasteiger partial charge < -0.3 is 10.3 Å². The topological polar surface area (TPSA) is 40.7 Å². The minimum absolute atomic E-state index is 0.370. The summed E-state index contributed by atoms with van der Waals surface area (Å²) in [6.07, 6.45) is 2.38. The summed E-state index contributed by atoms with van der Waals surface area (Å²) in [4.78, 5) is 8.28. The molecule has 0 amide bonds. The van der Waals surface area contributed by atoms with Gasteiger partial charge in [-0.3, -0.25) is 0 Å². The third-order valence-electron chi connectivity index (χ3n) is 5.03. The van der Waals surface area contributed by atoms with Crippen LogP contribution in [0.3, 0.4) is 0 Å². The van der Waals surface area contributed by atoms with Gasteiger partial charge in [-0.05, 0) is 71.6 Å². The van der Waals surface area contributed by atoms with E-state index < -0.39 is 0 Å². The summed E-state index contributed by atoms with van der Waals surface area (Å²) in [6, 6.07) is 19.9. The molecule has 0 spiro atoms. The lowest BCUT2D eigenvalue weighted by Gasteiger charge is -2.05. The molecule has 3 aromatic carbocycles. The largest absolute Gasteiger partial charge is 0.341 e. The normalized spacial score (nSPS) is 17.6. The summed E-state index contributed by atoms with van der Waals surface area (Å²) in [5.74, 6) is 1.06. The summed E-state index contributed by atoms with van der Waals surface area (Å²) in [5, 5.41) is 6.00. The van der Waals surface area contributed by atoms with E-state index in [0.717, 1.165) is 34.3 Å². The summed E-state index contributed by atoms with van der Waals surface area (Å²) in [5.41, 5.74) is 4.59. The number of H-pyrrole nitrogens is 1. The van der Waals surface area contributed by atoms with Crippen molar-refractivity contribution in [3.63, 3.8) is 0 Å². The van der Waals surface area contributed by atoms with Crippen molar-refractivity contribution in [2.75, 3.05) is 6.54 Å². The van der Waals surface area contributed by atoms with Gasteiger partial charge >= 0.3 is 0 Å². The second-order valence-electron chi connectivity index (χ2n) is 6.71. The maximum Gasteiger partial charge on any atom is 0.124 e. The van der Waals surface area contributed by atoms with Crippen LogP contribution in [0, 0.1) is 0 Å². The monoisotopic (exact) mass is 391 g/mol. The average Bonchev–Trinajstić information content (AvgIpc) is 3.29. The predicted molar refractivity (Wildman–Crippen MR) is 107 cm³/mol. The highest BCUT2D eigenvalue weighted by molar-refractivity contribution is 9.10. The molecule has 0 unspecified atom stereocenters. The molecule has 124 valence electrons. The third kappa shape index (κ3) is 2.75. The number of hydrogen-bond acceptors (Lipinski definition) is 2. The highest BCUT2D eigenvalue weighted by atomic mass is 79.9. The van der Waals surface area contributed by atoms with E-state index in [4.69, 9.17) is 4.98 Å². The number of nitrogens with one attached hydrogen (secondary N) is 2.